The standard InChI is InChI=1S/C15H22ClN3O/c1-11(2)14(17)15(20)19-8-6-18(7-9-19)13-5-3-4-12(16)10-13/h3-5,10-11,14H,6-9,17H2,1-2H3/t14-/m1/s1. The van der Waals surface area contributed by atoms with E-state index >= 15 is 0 Å². The predicted octanol–water partition coefficient (Wildman–Crippen LogP) is 1.97. The van der Waals surface area contributed by atoms with Crippen molar-refractivity contribution >= 4 is 23.2 Å². The van der Waals surface area contributed by atoms with Crippen molar-refractivity contribution in [2.45, 2.75) is 19.9 Å². The minimum absolute atomic E-state index is 0.0609. The van der Waals surface area contributed by atoms with Gasteiger partial charge in [0.05, 0.1) is 6.04 Å². The van der Waals surface area contributed by atoms with Crippen LogP contribution in [0.1, 0.15) is 13.8 Å². The van der Waals surface area contributed by atoms with Crippen LogP contribution >= 0.6 is 11.6 Å². The molecule has 5 heteroatoms. The van der Waals surface area contributed by atoms with Crippen LogP contribution in [0.3, 0.4) is 0 Å². The Kier molecular flexibility index (Phi) is 4.89. The number of carbonyl (C=O) groups is 1. The van der Waals surface area contributed by atoms with Gasteiger partial charge in [0, 0.05) is 36.9 Å². The number of carbonyl (C=O) groups excluding carboxylic acids is 1. The van der Waals surface area contributed by atoms with E-state index in [-0.39, 0.29) is 11.8 Å². The number of anilines is 1. The topological polar surface area (TPSA) is 49.6 Å². The first-order valence-corrected chi connectivity index (χ1v) is 7.41. The number of halogens is 1. The van der Waals surface area contributed by atoms with Gasteiger partial charge in [0.1, 0.15) is 0 Å². The summed E-state index contributed by atoms with van der Waals surface area (Å²) in [4.78, 5) is 16.3. The molecule has 1 aromatic carbocycles. The van der Waals surface area contributed by atoms with Gasteiger partial charge in [-0.25, -0.2) is 0 Å². The number of hydrogen-bond donors (Lipinski definition) is 1. The Bertz CT molecular complexity index is 470. The molecule has 0 aliphatic carbocycles. The Labute approximate surface area is 125 Å². The summed E-state index contributed by atoms with van der Waals surface area (Å²) >= 11 is 6.01. The maximum absolute atomic E-state index is 12.2. The molecule has 2 N–H and O–H groups in total. The molecule has 1 aliphatic heterocycles. The Morgan fingerprint density at radius 1 is 1.25 bits per heavy atom. The van der Waals surface area contributed by atoms with Crippen molar-refractivity contribution in [2.24, 2.45) is 11.7 Å². The van der Waals surface area contributed by atoms with E-state index in [0.29, 0.717) is 13.1 Å². The SMILES string of the molecule is CC(C)[C@@H](N)C(=O)N1CCN(c2cccc(Cl)c2)CC1. The molecule has 4 nitrogen and oxygen atoms in total. The number of piperazine rings is 1. The molecule has 1 fully saturated rings. The number of hydrogen-bond acceptors (Lipinski definition) is 3. The highest BCUT2D eigenvalue weighted by Crippen LogP contribution is 2.21. The average Bonchev–Trinajstić information content (AvgIpc) is 2.46. The molecule has 0 unspecified atom stereocenters. The first-order valence-electron chi connectivity index (χ1n) is 7.04. The molecule has 2 rings (SSSR count). The van der Waals surface area contributed by atoms with Gasteiger partial charge in [-0.1, -0.05) is 31.5 Å². The highest BCUT2D eigenvalue weighted by molar-refractivity contribution is 6.30. The van der Waals surface area contributed by atoms with Gasteiger partial charge < -0.3 is 15.5 Å². The van der Waals surface area contributed by atoms with Crippen molar-refractivity contribution in [1.82, 2.24) is 4.90 Å². The van der Waals surface area contributed by atoms with Gasteiger partial charge in [-0.15, -0.1) is 0 Å². The molecule has 1 amide bonds. The highest BCUT2D eigenvalue weighted by atomic mass is 35.5. The first-order chi connectivity index (χ1) is 9.49. The van der Waals surface area contributed by atoms with Crippen LogP contribution in [-0.4, -0.2) is 43.0 Å². The minimum atomic E-state index is -0.396. The van der Waals surface area contributed by atoms with Crippen molar-refractivity contribution in [3.63, 3.8) is 0 Å². The first kappa shape index (κ1) is 15.1. The number of nitrogens with zero attached hydrogens (tertiary/aromatic N) is 2. The van der Waals surface area contributed by atoms with Crippen molar-refractivity contribution in [3.05, 3.63) is 29.3 Å². The number of amides is 1. The van der Waals surface area contributed by atoms with Crippen molar-refractivity contribution < 1.29 is 4.79 Å². The summed E-state index contributed by atoms with van der Waals surface area (Å²) in [6.07, 6.45) is 0. The molecule has 1 heterocycles. The summed E-state index contributed by atoms with van der Waals surface area (Å²) in [5.41, 5.74) is 7.04. The predicted molar refractivity (Wildman–Crippen MR) is 83.1 cm³/mol. The van der Waals surface area contributed by atoms with Gasteiger partial charge in [-0.2, -0.15) is 0 Å². The molecule has 20 heavy (non-hydrogen) atoms. The Morgan fingerprint density at radius 2 is 1.90 bits per heavy atom. The highest BCUT2D eigenvalue weighted by Gasteiger charge is 2.26. The molecule has 1 aromatic rings. The third-order valence-corrected chi connectivity index (χ3v) is 4.00. The summed E-state index contributed by atoms with van der Waals surface area (Å²) in [5, 5.41) is 0.739. The molecule has 0 radical (unpaired) electrons. The van der Waals surface area contributed by atoms with Gasteiger partial charge in [-0.3, -0.25) is 4.79 Å². The van der Waals surface area contributed by atoms with Gasteiger partial charge in [0.15, 0.2) is 0 Å². The van der Waals surface area contributed by atoms with Gasteiger partial charge >= 0.3 is 0 Å². The quantitative estimate of drug-likeness (QED) is 0.927. The monoisotopic (exact) mass is 295 g/mol. The fraction of sp³-hybridized carbons (Fsp3) is 0.533. The normalized spacial score (nSPS) is 17.4. The third kappa shape index (κ3) is 3.44. The molecule has 0 saturated carbocycles. The lowest BCUT2D eigenvalue weighted by Gasteiger charge is -2.37. The lowest BCUT2D eigenvalue weighted by atomic mass is 10.0. The Morgan fingerprint density at radius 3 is 2.45 bits per heavy atom. The van der Waals surface area contributed by atoms with E-state index in [1.165, 1.54) is 0 Å². The number of nitrogens with two attached hydrogens (primary N) is 1. The van der Waals surface area contributed by atoms with Gasteiger partial charge in [0.25, 0.3) is 0 Å². The second-order valence-electron chi connectivity index (χ2n) is 5.56. The molecule has 0 spiro atoms. The zero-order valence-electron chi connectivity index (χ0n) is 12.1. The maximum Gasteiger partial charge on any atom is 0.239 e. The maximum atomic E-state index is 12.2. The number of rotatable bonds is 3. The van der Waals surface area contributed by atoms with Crippen molar-refractivity contribution in [2.75, 3.05) is 31.1 Å². The zero-order valence-corrected chi connectivity index (χ0v) is 12.8. The molecule has 0 bridgehead atoms. The summed E-state index contributed by atoms with van der Waals surface area (Å²) in [6, 6.07) is 7.42. The molecule has 110 valence electrons. The second kappa shape index (κ2) is 6.46. The largest absolute Gasteiger partial charge is 0.368 e. The van der Waals surface area contributed by atoms with Crippen LogP contribution in [0.5, 0.6) is 0 Å². The molecule has 0 aromatic heterocycles. The molecule has 1 saturated heterocycles. The van der Waals surface area contributed by atoms with Crippen LogP contribution in [0, 0.1) is 5.92 Å². The van der Waals surface area contributed by atoms with Crippen LogP contribution in [0.4, 0.5) is 5.69 Å². The smallest absolute Gasteiger partial charge is 0.239 e. The van der Waals surface area contributed by atoms with Crippen LogP contribution in [0.25, 0.3) is 0 Å². The summed E-state index contributed by atoms with van der Waals surface area (Å²) in [7, 11) is 0. The van der Waals surface area contributed by atoms with E-state index in [9.17, 15) is 4.79 Å². The van der Waals surface area contributed by atoms with Gasteiger partial charge in [0.2, 0.25) is 5.91 Å². The number of benzene rings is 1. The van der Waals surface area contributed by atoms with Crippen molar-refractivity contribution in [1.29, 1.82) is 0 Å². The van der Waals surface area contributed by atoms with Gasteiger partial charge in [-0.05, 0) is 24.1 Å². The van der Waals surface area contributed by atoms with Crippen molar-refractivity contribution in [3.8, 4) is 0 Å². The van der Waals surface area contributed by atoms with E-state index in [4.69, 9.17) is 17.3 Å². The fourth-order valence-electron chi connectivity index (χ4n) is 2.35. The fourth-order valence-corrected chi connectivity index (χ4v) is 2.54. The van der Waals surface area contributed by atoms with Crippen LogP contribution in [0.2, 0.25) is 5.02 Å². The second-order valence-corrected chi connectivity index (χ2v) is 6.00. The Hall–Kier alpha value is -1.26. The lowest BCUT2D eigenvalue weighted by Crippen LogP contribution is -2.54. The summed E-state index contributed by atoms with van der Waals surface area (Å²) < 4.78 is 0. The summed E-state index contributed by atoms with van der Waals surface area (Å²) in [5.74, 6) is 0.235. The minimum Gasteiger partial charge on any atom is -0.368 e. The van der Waals surface area contributed by atoms with Crippen LogP contribution in [0.15, 0.2) is 24.3 Å². The van der Waals surface area contributed by atoms with Crippen LogP contribution in [-0.2, 0) is 4.79 Å². The van der Waals surface area contributed by atoms with E-state index in [2.05, 4.69) is 4.90 Å². The van der Waals surface area contributed by atoms with E-state index < -0.39 is 6.04 Å². The van der Waals surface area contributed by atoms with E-state index in [1.807, 2.05) is 43.0 Å². The third-order valence-electron chi connectivity index (χ3n) is 3.77. The van der Waals surface area contributed by atoms with E-state index in [1.54, 1.807) is 0 Å². The zero-order chi connectivity index (χ0) is 14.7. The van der Waals surface area contributed by atoms with Crippen LogP contribution < -0.4 is 10.6 Å². The molecular weight excluding hydrogens is 274 g/mol. The molecule has 1 atom stereocenters. The van der Waals surface area contributed by atoms with E-state index in [0.717, 1.165) is 23.8 Å². The Balaban J connectivity index is 1.94. The molecule has 1 aliphatic rings. The summed E-state index contributed by atoms with van der Waals surface area (Å²) in [6.45, 7) is 7.01. The molecular formula is C15H22ClN3O. The lowest BCUT2D eigenvalue weighted by molar-refractivity contribution is -0.133. The average molecular weight is 296 g/mol.